The predicted octanol–water partition coefficient (Wildman–Crippen LogP) is 3.17. The summed E-state index contributed by atoms with van der Waals surface area (Å²) in [6.07, 6.45) is 0. The molecule has 0 atom stereocenters. The van der Waals surface area contributed by atoms with Crippen LogP contribution >= 0.6 is 0 Å². The van der Waals surface area contributed by atoms with Crippen molar-refractivity contribution in [2.24, 2.45) is 0 Å². The second-order valence-corrected chi connectivity index (χ2v) is 7.13. The van der Waals surface area contributed by atoms with Crippen LogP contribution < -0.4 is 0 Å². The van der Waals surface area contributed by atoms with Crippen molar-refractivity contribution in [1.29, 1.82) is 0 Å². The summed E-state index contributed by atoms with van der Waals surface area (Å²) in [4.78, 5) is 11.4. The van der Waals surface area contributed by atoms with Gasteiger partial charge in [-0.2, -0.15) is 0 Å². The van der Waals surface area contributed by atoms with Gasteiger partial charge in [0, 0.05) is 25.0 Å². The van der Waals surface area contributed by atoms with Gasteiger partial charge in [0.15, 0.2) is 0 Å². The fourth-order valence-electron chi connectivity index (χ4n) is 2.38. The molecule has 116 valence electrons. The van der Waals surface area contributed by atoms with Crippen LogP contribution in [0.2, 0.25) is 0 Å². The van der Waals surface area contributed by atoms with Gasteiger partial charge in [-0.1, -0.05) is 47.6 Å². The normalized spacial score (nSPS) is 11.4. The SMILES string of the molecule is Cc1c(C(C)(C)C)cc(C(C)(C)C)c(O)c1C(=O)O.O.[Zn]. The van der Waals surface area contributed by atoms with Crippen molar-refractivity contribution in [2.45, 2.75) is 59.3 Å². The van der Waals surface area contributed by atoms with Gasteiger partial charge in [0.05, 0.1) is 0 Å². The summed E-state index contributed by atoms with van der Waals surface area (Å²) in [6.45, 7) is 13.8. The summed E-state index contributed by atoms with van der Waals surface area (Å²) in [5.74, 6) is -1.18. The second-order valence-electron chi connectivity index (χ2n) is 7.13. The largest absolute Gasteiger partial charge is 0.507 e. The van der Waals surface area contributed by atoms with E-state index >= 15 is 0 Å². The van der Waals surface area contributed by atoms with Gasteiger partial charge in [0.2, 0.25) is 0 Å². The molecule has 1 aromatic carbocycles. The molecule has 4 N–H and O–H groups in total. The standard InChI is InChI=1S/C16H24O3.H2O.Zn/c1-9-10(15(2,3)4)8-11(16(5,6)7)13(17)12(9)14(18)19;;/h8,17H,1-7H3,(H,18,19);1H2;. The van der Waals surface area contributed by atoms with Crippen LogP contribution in [0.15, 0.2) is 6.07 Å². The molecule has 0 heterocycles. The fraction of sp³-hybridized carbons (Fsp3) is 0.562. The number of carbonyl (C=O) groups is 1. The van der Waals surface area contributed by atoms with E-state index < -0.39 is 5.97 Å². The Kier molecular flexibility index (Phi) is 7.33. The number of hydrogen-bond donors (Lipinski definition) is 2. The zero-order valence-corrected chi connectivity index (χ0v) is 17.1. The molecule has 21 heavy (non-hydrogen) atoms. The molecule has 5 heteroatoms. The van der Waals surface area contributed by atoms with Gasteiger partial charge in [-0.3, -0.25) is 0 Å². The molecule has 0 aliphatic heterocycles. The Labute approximate surface area is 139 Å². The molecular formula is C16H26O4Zn. The number of phenols is 1. The van der Waals surface area contributed by atoms with Gasteiger partial charge in [-0.15, -0.1) is 0 Å². The van der Waals surface area contributed by atoms with E-state index in [1.54, 1.807) is 6.92 Å². The number of carboxylic acids is 1. The first-order chi connectivity index (χ1) is 8.37. The van der Waals surface area contributed by atoms with Crippen LogP contribution in [0.25, 0.3) is 0 Å². The zero-order valence-electron chi connectivity index (χ0n) is 14.1. The molecule has 0 aliphatic rings. The van der Waals surface area contributed by atoms with Gasteiger partial charge in [0.25, 0.3) is 0 Å². The van der Waals surface area contributed by atoms with Crippen LogP contribution in [0.1, 0.15) is 68.6 Å². The van der Waals surface area contributed by atoms with Gasteiger partial charge in [-0.05, 0) is 28.9 Å². The number of carboxylic acid groups (broad SMARTS) is 1. The minimum atomic E-state index is -1.08. The van der Waals surface area contributed by atoms with E-state index in [0.29, 0.717) is 11.1 Å². The van der Waals surface area contributed by atoms with E-state index in [1.165, 1.54) is 0 Å². The molecule has 0 aromatic heterocycles. The predicted molar refractivity (Wildman–Crippen MR) is 80.8 cm³/mol. The van der Waals surface area contributed by atoms with Crippen LogP contribution in [-0.2, 0) is 30.3 Å². The summed E-state index contributed by atoms with van der Waals surface area (Å²) in [7, 11) is 0. The van der Waals surface area contributed by atoms with Crippen molar-refractivity contribution < 1.29 is 40.0 Å². The molecule has 1 rings (SSSR count). The Morgan fingerprint density at radius 2 is 1.38 bits per heavy atom. The van der Waals surface area contributed by atoms with Gasteiger partial charge < -0.3 is 15.7 Å². The molecule has 0 unspecified atom stereocenters. The van der Waals surface area contributed by atoms with Gasteiger partial charge in [0.1, 0.15) is 11.3 Å². The Hall–Kier alpha value is -0.927. The maximum atomic E-state index is 11.4. The zero-order chi connectivity index (χ0) is 15.2. The molecule has 1 aromatic rings. The number of aromatic hydroxyl groups is 1. The third-order valence-electron chi connectivity index (χ3n) is 3.39. The van der Waals surface area contributed by atoms with Crippen molar-refractivity contribution in [3.05, 3.63) is 28.3 Å². The maximum absolute atomic E-state index is 11.4. The third-order valence-corrected chi connectivity index (χ3v) is 3.39. The Morgan fingerprint density at radius 3 is 1.67 bits per heavy atom. The van der Waals surface area contributed by atoms with Crippen molar-refractivity contribution in [1.82, 2.24) is 0 Å². The van der Waals surface area contributed by atoms with E-state index in [2.05, 4.69) is 0 Å². The number of rotatable bonds is 1. The molecule has 4 nitrogen and oxygen atoms in total. The third kappa shape index (κ3) is 4.52. The van der Waals surface area contributed by atoms with Crippen molar-refractivity contribution >= 4 is 5.97 Å². The molecule has 0 aliphatic carbocycles. The van der Waals surface area contributed by atoms with Crippen LogP contribution in [-0.4, -0.2) is 21.7 Å². The van der Waals surface area contributed by atoms with Crippen molar-refractivity contribution in [2.75, 3.05) is 0 Å². The smallest absolute Gasteiger partial charge is 0.339 e. The molecule has 0 saturated heterocycles. The average molecular weight is 348 g/mol. The van der Waals surface area contributed by atoms with E-state index in [4.69, 9.17) is 0 Å². The van der Waals surface area contributed by atoms with Crippen LogP contribution in [0.4, 0.5) is 0 Å². The van der Waals surface area contributed by atoms with E-state index in [-0.39, 0.29) is 47.1 Å². The maximum Gasteiger partial charge on any atom is 0.339 e. The van der Waals surface area contributed by atoms with E-state index in [9.17, 15) is 15.0 Å². The van der Waals surface area contributed by atoms with Gasteiger partial charge in [-0.25, -0.2) is 4.79 Å². The molecule has 0 spiro atoms. The fourth-order valence-corrected chi connectivity index (χ4v) is 2.38. The Balaban J connectivity index is 0. The summed E-state index contributed by atoms with van der Waals surface area (Å²) >= 11 is 0. The van der Waals surface area contributed by atoms with Crippen molar-refractivity contribution in [3.8, 4) is 5.75 Å². The number of benzene rings is 1. The summed E-state index contributed by atoms with van der Waals surface area (Å²) in [6, 6.07) is 1.94. The van der Waals surface area contributed by atoms with Crippen LogP contribution in [0, 0.1) is 6.92 Å². The minimum absolute atomic E-state index is 0. The molecular weight excluding hydrogens is 322 g/mol. The Morgan fingerprint density at radius 1 is 1.00 bits per heavy atom. The number of aromatic carboxylic acids is 1. The van der Waals surface area contributed by atoms with Gasteiger partial charge >= 0.3 is 5.97 Å². The minimum Gasteiger partial charge on any atom is -0.507 e. The second kappa shape index (κ2) is 6.89. The monoisotopic (exact) mass is 346 g/mol. The van der Waals surface area contributed by atoms with Crippen LogP contribution in [0.5, 0.6) is 5.75 Å². The molecule has 0 bridgehead atoms. The Bertz CT molecular complexity index is 484. The first-order valence-electron chi connectivity index (χ1n) is 6.48. The first kappa shape index (κ1) is 22.4. The summed E-state index contributed by atoms with van der Waals surface area (Å²) in [5, 5.41) is 19.7. The molecule has 0 saturated carbocycles. The molecule has 0 fully saturated rings. The van der Waals surface area contributed by atoms with E-state index in [0.717, 1.165) is 5.56 Å². The first-order valence-corrected chi connectivity index (χ1v) is 6.48. The average Bonchev–Trinajstić information content (AvgIpc) is 2.12. The van der Waals surface area contributed by atoms with E-state index in [1.807, 2.05) is 47.6 Å². The topological polar surface area (TPSA) is 89.0 Å². The molecule has 0 amide bonds. The quantitative estimate of drug-likeness (QED) is 0.765. The van der Waals surface area contributed by atoms with Crippen molar-refractivity contribution in [3.63, 3.8) is 0 Å². The molecule has 0 radical (unpaired) electrons. The number of hydrogen-bond acceptors (Lipinski definition) is 2. The summed E-state index contributed by atoms with van der Waals surface area (Å²) in [5.41, 5.74) is 1.85. The van der Waals surface area contributed by atoms with Crippen LogP contribution in [0.3, 0.4) is 0 Å². The summed E-state index contributed by atoms with van der Waals surface area (Å²) < 4.78 is 0.